The van der Waals surface area contributed by atoms with Crippen LogP contribution in [0.2, 0.25) is 0 Å². The summed E-state index contributed by atoms with van der Waals surface area (Å²) in [6.45, 7) is 5.32. The average molecular weight is 454 g/mol. The normalized spacial score (nSPS) is 18.1. The van der Waals surface area contributed by atoms with Crippen LogP contribution in [0.5, 0.6) is 5.75 Å². The zero-order chi connectivity index (χ0) is 23.5. The highest BCUT2D eigenvalue weighted by Crippen LogP contribution is 2.35. The second-order valence-electron chi connectivity index (χ2n) is 8.36. The van der Waals surface area contributed by atoms with Crippen LogP contribution in [0, 0.1) is 5.82 Å². The van der Waals surface area contributed by atoms with Gasteiger partial charge < -0.3 is 14.5 Å². The van der Waals surface area contributed by atoms with E-state index in [0.29, 0.717) is 55.3 Å². The predicted octanol–water partition coefficient (Wildman–Crippen LogP) is 3.27. The maximum absolute atomic E-state index is 14.1. The minimum atomic E-state index is -0.722. The Balaban J connectivity index is 1.48. The summed E-state index contributed by atoms with van der Waals surface area (Å²) >= 11 is 0. The van der Waals surface area contributed by atoms with Crippen molar-refractivity contribution in [2.24, 2.45) is 0 Å². The summed E-state index contributed by atoms with van der Waals surface area (Å²) in [6.07, 6.45) is 0.416. The zero-order valence-electron chi connectivity index (χ0n) is 18.9. The highest BCUT2D eigenvalue weighted by Gasteiger charge is 2.35. The number of ether oxygens (including phenoxy) is 1. The Bertz CT molecular complexity index is 1070. The minimum absolute atomic E-state index is 0.0121. The molecule has 8 heteroatoms. The van der Waals surface area contributed by atoms with Crippen molar-refractivity contribution in [2.45, 2.75) is 32.8 Å². The van der Waals surface area contributed by atoms with E-state index < -0.39 is 6.10 Å². The van der Waals surface area contributed by atoms with Crippen molar-refractivity contribution in [2.75, 3.05) is 42.5 Å². The number of carbonyl (C=O) groups is 3. The highest BCUT2D eigenvalue weighted by atomic mass is 19.1. The molecule has 2 aromatic carbocycles. The number of Topliss-reactive ketones (excluding diaryl/α,β-unsaturated/α-hetero) is 1. The van der Waals surface area contributed by atoms with Crippen molar-refractivity contribution in [3.05, 3.63) is 53.8 Å². The second kappa shape index (κ2) is 9.60. The molecular formula is C25H28FN3O4. The number of rotatable bonds is 6. The first kappa shape index (κ1) is 22.8. The fourth-order valence-corrected chi connectivity index (χ4v) is 4.26. The second-order valence-corrected chi connectivity index (χ2v) is 8.36. The van der Waals surface area contributed by atoms with Crippen LogP contribution in [0.4, 0.5) is 15.8 Å². The standard InChI is InChI=1S/C25H28FN3O4/c1-3-6-22(30)18-9-10-23-21(15-18)29(25(32)17(2)33-23)16-24(31)28-13-11-27(12-14-28)20-8-5-4-7-19(20)26/h4-5,7-10,15,17H,3,6,11-14,16H2,1-2H3. The summed E-state index contributed by atoms with van der Waals surface area (Å²) in [7, 11) is 0. The number of carbonyl (C=O) groups excluding carboxylic acids is 3. The van der Waals surface area contributed by atoms with Gasteiger partial charge in [0.25, 0.3) is 5.91 Å². The number of hydrogen-bond acceptors (Lipinski definition) is 5. The van der Waals surface area contributed by atoms with E-state index in [1.165, 1.54) is 11.0 Å². The van der Waals surface area contributed by atoms with E-state index in [0.717, 1.165) is 6.42 Å². The largest absolute Gasteiger partial charge is 0.479 e. The number of piperazine rings is 1. The van der Waals surface area contributed by atoms with Crippen LogP contribution in [-0.2, 0) is 9.59 Å². The number of fused-ring (bicyclic) bond motifs is 1. The number of benzene rings is 2. The van der Waals surface area contributed by atoms with Crippen LogP contribution in [0.15, 0.2) is 42.5 Å². The quantitative estimate of drug-likeness (QED) is 0.628. The van der Waals surface area contributed by atoms with Crippen LogP contribution < -0.4 is 14.5 Å². The van der Waals surface area contributed by atoms with Crippen LogP contribution in [0.25, 0.3) is 0 Å². The summed E-state index contributed by atoms with van der Waals surface area (Å²) < 4.78 is 19.8. The van der Waals surface area contributed by atoms with Gasteiger partial charge in [-0.25, -0.2) is 4.39 Å². The van der Waals surface area contributed by atoms with Crippen molar-refractivity contribution in [3.63, 3.8) is 0 Å². The minimum Gasteiger partial charge on any atom is -0.479 e. The molecule has 33 heavy (non-hydrogen) atoms. The Morgan fingerprint density at radius 3 is 2.48 bits per heavy atom. The predicted molar refractivity (Wildman–Crippen MR) is 123 cm³/mol. The Morgan fingerprint density at radius 2 is 1.79 bits per heavy atom. The average Bonchev–Trinajstić information content (AvgIpc) is 2.82. The Hall–Kier alpha value is -3.42. The number of hydrogen-bond donors (Lipinski definition) is 0. The summed E-state index contributed by atoms with van der Waals surface area (Å²) in [6, 6.07) is 11.6. The number of amides is 2. The molecule has 0 aliphatic carbocycles. The third kappa shape index (κ3) is 4.69. The molecule has 2 aliphatic rings. The number of anilines is 2. The Kier molecular flexibility index (Phi) is 6.62. The molecule has 0 saturated carbocycles. The first-order valence-electron chi connectivity index (χ1n) is 11.3. The van der Waals surface area contributed by atoms with E-state index in [-0.39, 0.29) is 30.0 Å². The lowest BCUT2D eigenvalue weighted by Gasteiger charge is -2.38. The molecule has 1 unspecified atom stereocenters. The number of para-hydroxylation sites is 1. The van der Waals surface area contributed by atoms with Gasteiger partial charge in [-0.05, 0) is 43.7 Å². The van der Waals surface area contributed by atoms with Crippen molar-refractivity contribution >= 4 is 29.0 Å². The third-order valence-corrected chi connectivity index (χ3v) is 6.09. The van der Waals surface area contributed by atoms with Gasteiger partial charge in [-0.3, -0.25) is 19.3 Å². The van der Waals surface area contributed by atoms with Crippen LogP contribution in [0.1, 0.15) is 37.0 Å². The van der Waals surface area contributed by atoms with Gasteiger partial charge in [0.15, 0.2) is 11.9 Å². The van der Waals surface area contributed by atoms with Gasteiger partial charge in [0.2, 0.25) is 5.91 Å². The number of ketones is 1. The van der Waals surface area contributed by atoms with Gasteiger partial charge in [-0.15, -0.1) is 0 Å². The van der Waals surface area contributed by atoms with E-state index in [2.05, 4.69) is 0 Å². The molecule has 1 fully saturated rings. The first-order chi connectivity index (χ1) is 15.9. The van der Waals surface area contributed by atoms with Gasteiger partial charge in [-0.1, -0.05) is 19.1 Å². The molecule has 2 aliphatic heterocycles. The Morgan fingerprint density at radius 1 is 1.06 bits per heavy atom. The van der Waals surface area contributed by atoms with Gasteiger partial charge >= 0.3 is 0 Å². The van der Waals surface area contributed by atoms with E-state index >= 15 is 0 Å². The molecular weight excluding hydrogens is 425 g/mol. The molecule has 0 aromatic heterocycles. The highest BCUT2D eigenvalue weighted by molar-refractivity contribution is 6.05. The van der Waals surface area contributed by atoms with Gasteiger partial charge in [0, 0.05) is 38.2 Å². The molecule has 174 valence electrons. The third-order valence-electron chi connectivity index (χ3n) is 6.09. The summed E-state index contributed by atoms with van der Waals surface area (Å²) in [4.78, 5) is 43.4. The number of halogens is 1. The van der Waals surface area contributed by atoms with Gasteiger partial charge in [0.05, 0.1) is 11.4 Å². The lowest BCUT2D eigenvalue weighted by Crippen LogP contribution is -2.54. The van der Waals surface area contributed by atoms with Crippen LogP contribution in [-0.4, -0.2) is 61.3 Å². The molecule has 0 N–H and O–H groups in total. The number of nitrogens with zero attached hydrogens (tertiary/aromatic N) is 3. The van der Waals surface area contributed by atoms with Crippen molar-refractivity contribution in [3.8, 4) is 5.75 Å². The van der Waals surface area contributed by atoms with Crippen LogP contribution in [0.3, 0.4) is 0 Å². The first-order valence-corrected chi connectivity index (χ1v) is 11.3. The van der Waals surface area contributed by atoms with Crippen molar-refractivity contribution in [1.29, 1.82) is 0 Å². The van der Waals surface area contributed by atoms with Crippen molar-refractivity contribution < 1.29 is 23.5 Å². The molecule has 4 rings (SSSR count). The molecule has 2 aromatic rings. The van der Waals surface area contributed by atoms with E-state index in [4.69, 9.17) is 4.74 Å². The molecule has 2 heterocycles. The molecule has 1 saturated heterocycles. The molecule has 1 atom stereocenters. The Labute approximate surface area is 192 Å². The fourth-order valence-electron chi connectivity index (χ4n) is 4.26. The monoisotopic (exact) mass is 453 g/mol. The molecule has 0 spiro atoms. The summed E-state index contributed by atoms with van der Waals surface area (Å²) in [5, 5.41) is 0. The van der Waals surface area contributed by atoms with E-state index in [1.807, 2.05) is 11.8 Å². The lowest BCUT2D eigenvalue weighted by atomic mass is 10.0. The molecule has 0 bridgehead atoms. The van der Waals surface area contributed by atoms with Crippen LogP contribution >= 0.6 is 0 Å². The SMILES string of the molecule is CCCC(=O)c1ccc2c(c1)N(CC(=O)N1CCN(c3ccccc3F)CC1)C(=O)C(C)O2. The molecule has 0 radical (unpaired) electrons. The van der Waals surface area contributed by atoms with E-state index in [9.17, 15) is 18.8 Å². The smallest absolute Gasteiger partial charge is 0.268 e. The summed E-state index contributed by atoms with van der Waals surface area (Å²) in [5.41, 5.74) is 1.47. The lowest BCUT2D eigenvalue weighted by molar-refractivity contribution is -0.133. The van der Waals surface area contributed by atoms with Gasteiger partial charge in [0.1, 0.15) is 18.1 Å². The maximum atomic E-state index is 14.1. The van der Waals surface area contributed by atoms with Crippen molar-refractivity contribution in [1.82, 2.24) is 4.90 Å². The fraction of sp³-hybridized carbons (Fsp3) is 0.400. The maximum Gasteiger partial charge on any atom is 0.268 e. The van der Waals surface area contributed by atoms with Gasteiger partial charge in [-0.2, -0.15) is 0 Å². The summed E-state index contributed by atoms with van der Waals surface area (Å²) in [5.74, 6) is -0.327. The van der Waals surface area contributed by atoms with E-state index in [1.54, 1.807) is 48.2 Å². The molecule has 2 amide bonds. The molecule has 7 nitrogen and oxygen atoms in total. The topological polar surface area (TPSA) is 70.2 Å². The zero-order valence-corrected chi connectivity index (χ0v) is 18.9.